The number of nitrogens with one attached hydrogen (secondary N) is 2. The van der Waals surface area contributed by atoms with E-state index in [-0.39, 0.29) is 0 Å². The van der Waals surface area contributed by atoms with Crippen LogP contribution >= 0.6 is 15.9 Å². The Morgan fingerprint density at radius 1 is 1.28 bits per heavy atom. The second-order valence-corrected chi connectivity index (χ2v) is 4.33. The molecular weight excluding hydrogens is 296 g/mol. The van der Waals surface area contributed by atoms with Crippen molar-refractivity contribution in [1.29, 1.82) is 0 Å². The van der Waals surface area contributed by atoms with Gasteiger partial charge in [0.05, 0.1) is 16.7 Å². The van der Waals surface area contributed by atoms with Crippen molar-refractivity contribution in [1.82, 2.24) is 19.9 Å². The molecule has 0 radical (unpaired) electrons. The van der Waals surface area contributed by atoms with Gasteiger partial charge in [-0.05, 0) is 28.9 Å². The Labute approximate surface area is 113 Å². The molecule has 2 rings (SSSR count). The molecule has 0 fully saturated rings. The topological polar surface area (TPSA) is 75.6 Å². The predicted octanol–water partition coefficient (Wildman–Crippen LogP) is 2.07. The van der Waals surface area contributed by atoms with Gasteiger partial charge in [0.15, 0.2) is 0 Å². The zero-order valence-corrected chi connectivity index (χ0v) is 11.5. The SMILES string of the molecule is CCNc1ncc(Br)c(NCc2ccncn2)n1. The van der Waals surface area contributed by atoms with Crippen LogP contribution in [-0.2, 0) is 6.54 Å². The van der Waals surface area contributed by atoms with Gasteiger partial charge in [-0.3, -0.25) is 0 Å². The molecular formula is C11H13BrN6. The van der Waals surface area contributed by atoms with Crippen LogP contribution in [0.1, 0.15) is 12.6 Å². The summed E-state index contributed by atoms with van der Waals surface area (Å²) < 4.78 is 0.818. The van der Waals surface area contributed by atoms with Crippen molar-refractivity contribution in [3.63, 3.8) is 0 Å². The van der Waals surface area contributed by atoms with E-state index in [2.05, 4.69) is 46.5 Å². The molecule has 2 aromatic heterocycles. The Morgan fingerprint density at radius 2 is 2.17 bits per heavy atom. The molecule has 0 amide bonds. The van der Waals surface area contributed by atoms with Gasteiger partial charge in [-0.25, -0.2) is 15.0 Å². The highest BCUT2D eigenvalue weighted by molar-refractivity contribution is 9.10. The first kappa shape index (κ1) is 12.7. The number of halogens is 1. The Kier molecular flexibility index (Phi) is 4.40. The highest BCUT2D eigenvalue weighted by atomic mass is 79.9. The van der Waals surface area contributed by atoms with E-state index in [0.717, 1.165) is 22.5 Å². The lowest BCUT2D eigenvalue weighted by molar-refractivity contribution is 0.984. The summed E-state index contributed by atoms with van der Waals surface area (Å²) in [6.07, 6.45) is 4.95. The van der Waals surface area contributed by atoms with Crippen LogP contribution in [0.15, 0.2) is 29.3 Å². The lowest BCUT2D eigenvalue weighted by Gasteiger charge is -2.08. The molecule has 0 bridgehead atoms. The van der Waals surface area contributed by atoms with Crippen molar-refractivity contribution >= 4 is 27.7 Å². The van der Waals surface area contributed by atoms with E-state index in [9.17, 15) is 0 Å². The smallest absolute Gasteiger partial charge is 0.224 e. The van der Waals surface area contributed by atoms with E-state index in [1.807, 2.05) is 13.0 Å². The molecule has 0 saturated carbocycles. The molecule has 6 nitrogen and oxygen atoms in total. The Bertz CT molecular complexity index is 504. The van der Waals surface area contributed by atoms with Crippen molar-refractivity contribution in [2.45, 2.75) is 13.5 Å². The molecule has 18 heavy (non-hydrogen) atoms. The van der Waals surface area contributed by atoms with Gasteiger partial charge < -0.3 is 10.6 Å². The number of hydrogen-bond donors (Lipinski definition) is 2. The van der Waals surface area contributed by atoms with Crippen molar-refractivity contribution in [2.24, 2.45) is 0 Å². The van der Waals surface area contributed by atoms with Crippen LogP contribution in [0.25, 0.3) is 0 Å². The quantitative estimate of drug-likeness (QED) is 0.880. The molecule has 2 aromatic rings. The summed E-state index contributed by atoms with van der Waals surface area (Å²) in [5, 5.41) is 6.26. The Hall–Kier alpha value is -1.76. The minimum absolute atomic E-state index is 0.587. The minimum atomic E-state index is 0.587. The maximum Gasteiger partial charge on any atom is 0.224 e. The van der Waals surface area contributed by atoms with E-state index in [4.69, 9.17) is 0 Å². The monoisotopic (exact) mass is 308 g/mol. The van der Waals surface area contributed by atoms with Crippen molar-refractivity contribution in [3.05, 3.63) is 35.0 Å². The molecule has 2 heterocycles. The van der Waals surface area contributed by atoms with Crippen molar-refractivity contribution in [3.8, 4) is 0 Å². The van der Waals surface area contributed by atoms with Crippen LogP contribution in [0, 0.1) is 0 Å². The average Bonchev–Trinajstić information content (AvgIpc) is 2.41. The fraction of sp³-hybridized carbons (Fsp3) is 0.273. The van der Waals surface area contributed by atoms with Crippen LogP contribution in [0.5, 0.6) is 0 Å². The summed E-state index contributed by atoms with van der Waals surface area (Å²) in [5.74, 6) is 1.34. The van der Waals surface area contributed by atoms with Crippen LogP contribution in [-0.4, -0.2) is 26.5 Å². The Balaban J connectivity index is 2.06. The number of rotatable bonds is 5. The van der Waals surface area contributed by atoms with Crippen molar-refractivity contribution in [2.75, 3.05) is 17.2 Å². The highest BCUT2D eigenvalue weighted by Gasteiger charge is 2.04. The first-order valence-corrected chi connectivity index (χ1v) is 6.34. The summed E-state index contributed by atoms with van der Waals surface area (Å²) in [5.41, 5.74) is 0.903. The number of nitrogens with zero attached hydrogens (tertiary/aromatic N) is 4. The van der Waals surface area contributed by atoms with Crippen LogP contribution in [0.3, 0.4) is 0 Å². The second-order valence-electron chi connectivity index (χ2n) is 3.47. The summed E-state index contributed by atoms with van der Waals surface area (Å²) in [6, 6.07) is 1.85. The largest absolute Gasteiger partial charge is 0.363 e. The maximum atomic E-state index is 4.35. The first-order valence-electron chi connectivity index (χ1n) is 5.54. The lowest BCUT2D eigenvalue weighted by atomic mass is 10.4. The standard InChI is InChI=1S/C11H13BrN6/c1-2-14-11-16-6-9(12)10(18-11)15-5-8-3-4-13-7-17-8/h3-4,6-7H,2,5H2,1H3,(H2,14,15,16,18). The van der Waals surface area contributed by atoms with E-state index in [1.165, 1.54) is 6.33 Å². The van der Waals surface area contributed by atoms with Crippen LogP contribution in [0.2, 0.25) is 0 Å². The molecule has 94 valence electrons. The lowest BCUT2D eigenvalue weighted by Crippen LogP contribution is -2.07. The van der Waals surface area contributed by atoms with Gasteiger partial charge in [0.25, 0.3) is 0 Å². The molecule has 0 atom stereocenters. The Morgan fingerprint density at radius 3 is 2.89 bits per heavy atom. The average molecular weight is 309 g/mol. The number of hydrogen-bond acceptors (Lipinski definition) is 6. The third kappa shape index (κ3) is 3.36. The fourth-order valence-electron chi connectivity index (χ4n) is 1.33. The summed E-state index contributed by atoms with van der Waals surface area (Å²) in [4.78, 5) is 16.5. The zero-order chi connectivity index (χ0) is 12.8. The van der Waals surface area contributed by atoms with Gasteiger partial charge in [-0.1, -0.05) is 0 Å². The molecule has 2 N–H and O–H groups in total. The fourth-order valence-corrected chi connectivity index (χ4v) is 1.66. The van der Waals surface area contributed by atoms with Gasteiger partial charge in [0.1, 0.15) is 12.1 Å². The van der Waals surface area contributed by atoms with Gasteiger partial charge in [0, 0.05) is 18.9 Å². The zero-order valence-electron chi connectivity index (χ0n) is 9.89. The minimum Gasteiger partial charge on any atom is -0.363 e. The summed E-state index contributed by atoms with van der Waals surface area (Å²) in [6.45, 7) is 3.37. The van der Waals surface area contributed by atoms with Gasteiger partial charge in [0.2, 0.25) is 5.95 Å². The van der Waals surface area contributed by atoms with Crippen LogP contribution in [0.4, 0.5) is 11.8 Å². The molecule has 0 saturated heterocycles. The molecule has 0 unspecified atom stereocenters. The summed E-state index contributed by atoms with van der Waals surface area (Å²) >= 11 is 3.41. The second kappa shape index (κ2) is 6.25. The van der Waals surface area contributed by atoms with E-state index >= 15 is 0 Å². The molecule has 0 aliphatic rings. The van der Waals surface area contributed by atoms with Gasteiger partial charge in [-0.15, -0.1) is 0 Å². The first-order chi connectivity index (χ1) is 8.79. The molecule has 0 aromatic carbocycles. The van der Waals surface area contributed by atoms with E-state index in [1.54, 1.807) is 12.4 Å². The maximum absolute atomic E-state index is 4.35. The van der Waals surface area contributed by atoms with Gasteiger partial charge in [-0.2, -0.15) is 4.98 Å². The molecule has 0 spiro atoms. The normalized spacial score (nSPS) is 10.1. The third-order valence-corrected chi connectivity index (χ3v) is 2.74. The van der Waals surface area contributed by atoms with Crippen molar-refractivity contribution < 1.29 is 0 Å². The predicted molar refractivity (Wildman–Crippen MR) is 73.3 cm³/mol. The molecule has 7 heteroatoms. The number of anilines is 2. The van der Waals surface area contributed by atoms with E-state index < -0.39 is 0 Å². The van der Waals surface area contributed by atoms with E-state index in [0.29, 0.717) is 12.5 Å². The van der Waals surface area contributed by atoms with Crippen LogP contribution < -0.4 is 10.6 Å². The highest BCUT2D eigenvalue weighted by Crippen LogP contribution is 2.20. The number of aromatic nitrogens is 4. The summed E-state index contributed by atoms with van der Waals surface area (Å²) in [7, 11) is 0. The van der Waals surface area contributed by atoms with Gasteiger partial charge >= 0.3 is 0 Å². The molecule has 0 aliphatic carbocycles. The molecule has 0 aliphatic heterocycles. The third-order valence-electron chi connectivity index (χ3n) is 2.16.